The summed E-state index contributed by atoms with van der Waals surface area (Å²) in [7, 11) is 0. The van der Waals surface area contributed by atoms with Crippen LogP contribution in [0.2, 0.25) is 0 Å². The fourth-order valence-electron chi connectivity index (χ4n) is 3.01. The number of aromatic nitrogens is 3. The molecule has 0 saturated heterocycles. The van der Waals surface area contributed by atoms with Crippen molar-refractivity contribution in [3.63, 3.8) is 0 Å². The summed E-state index contributed by atoms with van der Waals surface area (Å²) in [6, 6.07) is 4.33. The zero-order valence-electron chi connectivity index (χ0n) is 12.6. The van der Waals surface area contributed by atoms with Crippen LogP contribution in [0.1, 0.15) is 31.2 Å². The minimum Gasteiger partial charge on any atom is -0.366 e. The third-order valence-electron chi connectivity index (χ3n) is 4.21. The predicted molar refractivity (Wildman–Crippen MR) is 94.5 cm³/mol. The molecule has 0 atom stereocenters. The number of terminal acetylenes is 1. The Balaban J connectivity index is 1.85. The second-order valence-electron chi connectivity index (χ2n) is 5.73. The molecule has 4 nitrogen and oxygen atoms in total. The molecule has 114 valence electrons. The molecule has 0 aromatic carbocycles. The number of pyridine rings is 1. The molecule has 3 aromatic heterocycles. The molecule has 5 heteroatoms. The highest BCUT2D eigenvalue weighted by atomic mass is 32.1. The number of nitrogens with one attached hydrogen (secondary N) is 1. The first-order valence-corrected chi connectivity index (χ1v) is 8.66. The first-order valence-electron chi connectivity index (χ1n) is 7.78. The number of thiophene rings is 1. The largest absolute Gasteiger partial charge is 0.366 e. The second kappa shape index (κ2) is 5.98. The number of fused-ring (bicyclic) bond motifs is 1. The van der Waals surface area contributed by atoms with Gasteiger partial charge in [0.25, 0.3) is 0 Å². The molecule has 1 aliphatic rings. The van der Waals surface area contributed by atoms with Gasteiger partial charge in [-0.05, 0) is 25.0 Å². The molecule has 0 amide bonds. The van der Waals surface area contributed by atoms with Gasteiger partial charge in [0.05, 0.1) is 10.3 Å². The normalized spacial score (nSPS) is 14.9. The topological polar surface area (TPSA) is 50.7 Å². The van der Waals surface area contributed by atoms with Crippen molar-refractivity contribution in [2.75, 3.05) is 5.32 Å². The quantitative estimate of drug-likeness (QED) is 0.739. The lowest BCUT2D eigenvalue weighted by atomic mass is 10.2. The Morgan fingerprint density at radius 1 is 1.17 bits per heavy atom. The van der Waals surface area contributed by atoms with Crippen molar-refractivity contribution >= 4 is 27.4 Å². The van der Waals surface area contributed by atoms with Gasteiger partial charge < -0.3 is 5.32 Å². The van der Waals surface area contributed by atoms with Crippen molar-refractivity contribution in [1.82, 2.24) is 15.0 Å². The monoisotopic (exact) mass is 320 g/mol. The van der Waals surface area contributed by atoms with E-state index in [0.29, 0.717) is 11.9 Å². The zero-order valence-corrected chi connectivity index (χ0v) is 13.4. The lowest BCUT2D eigenvalue weighted by Gasteiger charge is -2.14. The predicted octanol–water partition coefficient (Wildman–Crippen LogP) is 4.09. The minimum atomic E-state index is 0.495. The van der Waals surface area contributed by atoms with Gasteiger partial charge in [0.2, 0.25) is 0 Å². The minimum absolute atomic E-state index is 0.495. The molecule has 4 rings (SSSR count). The summed E-state index contributed by atoms with van der Waals surface area (Å²) in [5.41, 5.74) is 2.64. The van der Waals surface area contributed by atoms with Crippen molar-refractivity contribution in [3.8, 4) is 23.7 Å². The molecule has 0 radical (unpaired) electrons. The van der Waals surface area contributed by atoms with Crippen molar-refractivity contribution in [3.05, 3.63) is 35.5 Å². The van der Waals surface area contributed by atoms with Gasteiger partial charge >= 0.3 is 0 Å². The Morgan fingerprint density at radius 2 is 1.96 bits per heavy atom. The van der Waals surface area contributed by atoms with Gasteiger partial charge in [0.15, 0.2) is 5.82 Å². The van der Waals surface area contributed by atoms with Crippen LogP contribution in [-0.4, -0.2) is 21.0 Å². The third kappa shape index (κ3) is 2.66. The van der Waals surface area contributed by atoms with Crippen LogP contribution >= 0.6 is 11.3 Å². The van der Waals surface area contributed by atoms with Crippen LogP contribution in [0, 0.1) is 12.3 Å². The smallest absolute Gasteiger partial charge is 0.162 e. The van der Waals surface area contributed by atoms with Gasteiger partial charge in [-0.1, -0.05) is 18.8 Å². The van der Waals surface area contributed by atoms with Gasteiger partial charge in [-0.3, -0.25) is 4.98 Å². The maximum absolute atomic E-state index is 5.63. The number of anilines is 1. The standard InChI is InChI=1S/C18H16N4S/c1-2-12-11-23-16-15(12)21-17(13-7-9-19-10-8-13)22-18(16)20-14-5-3-4-6-14/h1,7-11,14H,3-6H2,(H,20,21,22). The fourth-order valence-corrected chi connectivity index (χ4v) is 3.91. The van der Waals surface area contributed by atoms with Crippen LogP contribution in [-0.2, 0) is 0 Å². The van der Waals surface area contributed by atoms with Crippen molar-refractivity contribution in [1.29, 1.82) is 0 Å². The average Bonchev–Trinajstić information content (AvgIpc) is 3.24. The van der Waals surface area contributed by atoms with Gasteiger partial charge in [-0.25, -0.2) is 9.97 Å². The van der Waals surface area contributed by atoms with E-state index in [4.69, 9.17) is 16.4 Å². The number of nitrogens with zero attached hydrogens (tertiary/aromatic N) is 3. The molecule has 0 aliphatic heterocycles. The van der Waals surface area contributed by atoms with Crippen LogP contribution in [0.4, 0.5) is 5.82 Å². The Bertz CT molecular complexity index is 873. The number of hydrogen-bond donors (Lipinski definition) is 1. The Kier molecular flexibility index (Phi) is 3.68. The van der Waals surface area contributed by atoms with Gasteiger partial charge in [-0.2, -0.15) is 0 Å². The van der Waals surface area contributed by atoms with Gasteiger partial charge in [0.1, 0.15) is 11.3 Å². The second-order valence-corrected chi connectivity index (χ2v) is 6.61. The Labute approximate surface area is 139 Å². The molecule has 1 fully saturated rings. The molecule has 3 heterocycles. The molecular weight excluding hydrogens is 304 g/mol. The highest BCUT2D eigenvalue weighted by Gasteiger charge is 2.19. The molecular formula is C18H16N4S. The summed E-state index contributed by atoms with van der Waals surface area (Å²) in [5.74, 6) is 4.32. The summed E-state index contributed by atoms with van der Waals surface area (Å²) in [6.45, 7) is 0. The van der Waals surface area contributed by atoms with Crippen LogP contribution in [0.25, 0.3) is 21.6 Å². The summed E-state index contributed by atoms with van der Waals surface area (Å²) in [6.07, 6.45) is 14.1. The zero-order chi connectivity index (χ0) is 15.6. The molecule has 23 heavy (non-hydrogen) atoms. The lowest BCUT2D eigenvalue weighted by molar-refractivity contribution is 0.752. The first kappa shape index (κ1) is 14.2. The van der Waals surface area contributed by atoms with E-state index in [1.165, 1.54) is 25.7 Å². The molecule has 0 bridgehead atoms. The van der Waals surface area contributed by atoms with Crippen molar-refractivity contribution < 1.29 is 0 Å². The third-order valence-corrected chi connectivity index (χ3v) is 5.18. The maximum Gasteiger partial charge on any atom is 0.162 e. The van der Waals surface area contributed by atoms with E-state index < -0.39 is 0 Å². The van der Waals surface area contributed by atoms with Gasteiger partial charge in [-0.15, -0.1) is 17.8 Å². The van der Waals surface area contributed by atoms with E-state index in [1.807, 2.05) is 17.5 Å². The summed E-state index contributed by atoms with van der Waals surface area (Å²) in [5, 5.41) is 5.59. The molecule has 1 saturated carbocycles. The summed E-state index contributed by atoms with van der Waals surface area (Å²) < 4.78 is 1.04. The maximum atomic E-state index is 5.63. The molecule has 0 unspecified atom stereocenters. The molecule has 3 aromatic rings. The first-order chi connectivity index (χ1) is 11.3. The molecule has 0 spiro atoms. The number of hydrogen-bond acceptors (Lipinski definition) is 5. The van der Waals surface area contributed by atoms with Crippen LogP contribution in [0.5, 0.6) is 0 Å². The Morgan fingerprint density at radius 3 is 2.70 bits per heavy atom. The highest BCUT2D eigenvalue weighted by Crippen LogP contribution is 2.33. The van der Waals surface area contributed by atoms with Crippen LogP contribution in [0.15, 0.2) is 29.9 Å². The van der Waals surface area contributed by atoms with E-state index in [9.17, 15) is 0 Å². The van der Waals surface area contributed by atoms with Crippen LogP contribution < -0.4 is 5.32 Å². The van der Waals surface area contributed by atoms with E-state index in [-0.39, 0.29) is 0 Å². The Hall–Kier alpha value is -2.45. The van der Waals surface area contributed by atoms with E-state index in [0.717, 1.165) is 27.2 Å². The summed E-state index contributed by atoms with van der Waals surface area (Å²) >= 11 is 1.61. The van der Waals surface area contributed by atoms with E-state index in [1.54, 1.807) is 23.7 Å². The van der Waals surface area contributed by atoms with Crippen molar-refractivity contribution in [2.45, 2.75) is 31.7 Å². The van der Waals surface area contributed by atoms with Crippen molar-refractivity contribution in [2.24, 2.45) is 0 Å². The average molecular weight is 320 g/mol. The van der Waals surface area contributed by atoms with E-state index >= 15 is 0 Å². The SMILES string of the molecule is C#Cc1csc2c(NC3CCCC3)nc(-c3ccncc3)nc12. The molecule has 1 aliphatic carbocycles. The van der Waals surface area contributed by atoms with E-state index in [2.05, 4.69) is 16.2 Å². The highest BCUT2D eigenvalue weighted by molar-refractivity contribution is 7.18. The fraction of sp³-hybridized carbons (Fsp3) is 0.278. The molecule has 1 N–H and O–H groups in total. The van der Waals surface area contributed by atoms with Crippen LogP contribution in [0.3, 0.4) is 0 Å². The lowest BCUT2D eigenvalue weighted by Crippen LogP contribution is -2.16. The number of rotatable bonds is 3. The summed E-state index contributed by atoms with van der Waals surface area (Å²) in [4.78, 5) is 13.5. The van der Waals surface area contributed by atoms with Gasteiger partial charge in [0, 0.05) is 29.4 Å².